The number of rotatable bonds is 5. The molecule has 0 atom stereocenters. The number of carbonyl (C=O) groups is 1. The minimum Gasteiger partial charge on any atom is -0.484 e. The third-order valence-electron chi connectivity index (χ3n) is 4.13. The molecule has 1 heterocycles. The summed E-state index contributed by atoms with van der Waals surface area (Å²) >= 11 is 0. The smallest absolute Gasteiger partial charge is 0.264 e. The van der Waals surface area contributed by atoms with Gasteiger partial charge in [-0.05, 0) is 49.3 Å². The fourth-order valence-electron chi connectivity index (χ4n) is 2.75. The number of aromatic nitrogens is 1. The van der Waals surface area contributed by atoms with Crippen LogP contribution in [0.5, 0.6) is 5.75 Å². The van der Waals surface area contributed by atoms with Crippen LogP contribution in [0, 0.1) is 0 Å². The highest BCUT2D eigenvalue weighted by molar-refractivity contribution is 5.91. The number of hydrogen-bond donors (Lipinski definition) is 1. The highest BCUT2D eigenvalue weighted by atomic mass is 16.5. The summed E-state index contributed by atoms with van der Waals surface area (Å²) in [6.45, 7) is 4.24. The van der Waals surface area contributed by atoms with E-state index in [4.69, 9.17) is 9.26 Å². The SMILES string of the molecule is CC(C)c1ccc(OCC(=O)Nc2onc3c2CCCC3)cc1. The molecule has 1 N–H and O–H groups in total. The van der Waals surface area contributed by atoms with Crippen LogP contribution in [0.3, 0.4) is 0 Å². The van der Waals surface area contributed by atoms with Crippen molar-refractivity contribution in [3.63, 3.8) is 0 Å². The van der Waals surface area contributed by atoms with E-state index >= 15 is 0 Å². The number of nitrogens with one attached hydrogen (secondary N) is 1. The van der Waals surface area contributed by atoms with Crippen LogP contribution in [-0.2, 0) is 17.6 Å². The topological polar surface area (TPSA) is 64.4 Å². The molecule has 0 spiro atoms. The molecule has 0 bridgehead atoms. The Hall–Kier alpha value is -2.30. The van der Waals surface area contributed by atoms with Crippen LogP contribution < -0.4 is 10.1 Å². The minimum atomic E-state index is -0.234. The second-order valence-electron chi connectivity index (χ2n) is 6.20. The largest absolute Gasteiger partial charge is 0.484 e. The van der Waals surface area contributed by atoms with Gasteiger partial charge >= 0.3 is 0 Å². The zero-order chi connectivity index (χ0) is 16.2. The Morgan fingerprint density at radius 2 is 2.00 bits per heavy atom. The van der Waals surface area contributed by atoms with E-state index in [-0.39, 0.29) is 12.5 Å². The minimum absolute atomic E-state index is 0.0451. The van der Waals surface area contributed by atoms with Gasteiger partial charge in [-0.15, -0.1) is 0 Å². The Bertz CT molecular complexity index is 674. The Labute approximate surface area is 136 Å². The summed E-state index contributed by atoms with van der Waals surface area (Å²) in [4.78, 5) is 12.0. The first-order chi connectivity index (χ1) is 11.1. The lowest BCUT2D eigenvalue weighted by Gasteiger charge is -2.10. The number of benzene rings is 1. The van der Waals surface area contributed by atoms with Crippen LogP contribution in [-0.4, -0.2) is 17.7 Å². The highest BCUT2D eigenvalue weighted by Gasteiger charge is 2.20. The molecule has 3 rings (SSSR count). The molecule has 0 unspecified atom stereocenters. The van der Waals surface area contributed by atoms with Gasteiger partial charge in [-0.1, -0.05) is 31.1 Å². The molecular weight excluding hydrogens is 292 g/mol. The van der Waals surface area contributed by atoms with Crippen LogP contribution in [0.25, 0.3) is 0 Å². The van der Waals surface area contributed by atoms with Gasteiger partial charge in [-0.3, -0.25) is 10.1 Å². The van der Waals surface area contributed by atoms with E-state index in [0.29, 0.717) is 17.6 Å². The first-order valence-corrected chi connectivity index (χ1v) is 8.13. The number of ether oxygens (including phenoxy) is 1. The molecule has 1 aromatic carbocycles. The number of fused-ring (bicyclic) bond motifs is 1. The predicted molar refractivity (Wildman–Crippen MR) is 87.8 cm³/mol. The van der Waals surface area contributed by atoms with Crippen molar-refractivity contribution in [2.24, 2.45) is 0 Å². The first-order valence-electron chi connectivity index (χ1n) is 8.13. The first kappa shape index (κ1) is 15.6. The number of hydrogen-bond acceptors (Lipinski definition) is 4. The molecule has 0 saturated heterocycles. The standard InChI is InChI=1S/C18H22N2O3/c1-12(2)13-7-9-14(10-8-13)22-11-17(21)19-18-15-5-3-4-6-16(15)20-23-18/h7-10,12H,3-6,11H2,1-2H3,(H,19,21). The lowest BCUT2D eigenvalue weighted by atomic mass is 9.98. The van der Waals surface area contributed by atoms with Crippen molar-refractivity contribution in [2.45, 2.75) is 45.4 Å². The molecule has 23 heavy (non-hydrogen) atoms. The summed E-state index contributed by atoms with van der Waals surface area (Å²) in [5.41, 5.74) is 3.25. The number of aryl methyl sites for hydroxylation is 1. The van der Waals surface area contributed by atoms with Gasteiger partial charge in [0, 0.05) is 5.56 Å². The van der Waals surface area contributed by atoms with Crippen LogP contribution in [0.15, 0.2) is 28.8 Å². The summed E-state index contributed by atoms with van der Waals surface area (Å²) in [5, 5.41) is 6.78. The third kappa shape index (κ3) is 3.73. The van der Waals surface area contributed by atoms with Crippen molar-refractivity contribution in [3.05, 3.63) is 41.1 Å². The average Bonchev–Trinajstić information content (AvgIpc) is 2.96. The second kappa shape index (κ2) is 6.86. The zero-order valence-electron chi connectivity index (χ0n) is 13.6. The Morgan fingerprint density at radius 1 is 1.26 bits per heavy atom. The van der Waals surface area contributed by atoms with Crippen molar-refractivity contribution in [2.75, 3.05) is 11.9 Å². The summed E-state index contributed by atoms with van der Waals surface area (Å²) in [7, 11) is 0. The van der Waals surface area contributed by atoms with Crippen LogP contribution >= 0.6 is 0 Å². The maximum Gasteiger partial charge on any atom is 0.264 e. The zero-order valence-corrected chi connectivity index (χ0v) is 13.6. The van der Waals surface area contributed by atoms with Gasteiger partial charge in [0.2, 0.25) is 5.88 Å². The summed E-state index contributed by atoms with van der Waals surface area (Å²) in [6, 6.07) is 7.81. The maximum atomic E-state index is 12.0. The highest BCUT2D eigenvalue weighted by Crippen LogP contribution is 2.27. The average molecular weight is 314 g/mol. The van der Waals surface area contributed by atoms with Crippen molar-refractivity contribution < 1.29 is 14.1 Å². The van der Waals surface area contributed by atoms with Crippen molar-refractivity contribution in [3.8, 4) is 5.75 Å². The summed E-state index contributed by atoms with van der Waals surface area (Å²) < 4.78 is 10.8. The van der Waals surface area contributed by atoms with Crippen LogP contribution in [0.4, 0.5) is 5.88 Å². The number of amides is 1. The van der Waals surface area contributed by atoms with E-state index in [0.717, 1.165) is 36.9 Å². The van der Waals surface area contributed by atoms with E-state index in [2.05, 4.69) is 24.3 Å². The van der Waals surface area contributed by atoms with E-state index < -0.39 is 0 Å². The molecule has 1 aliphatic carbocycles. The second-order valence-corrected chi connectivity index (χ2v) is 6.20. The number of carbonyl (C=O) groups excluding carboxylic acids is 1. The van der Waals surface area contributed by atoms with E-state index in [1.165, 1.54) is 5.56 Å². The van der Waals surface area contributed by atoms with E-state index in [1.54, 1.807) is 0 Å². The molecule has 5 heteroatoms. The third-order valence-corrected chi connectivity index (χ3v) is 4.13. The van der Waals surface area contributed by atoms with E-state index in [9.17, 15) is 4.79 Å². The predicted octanol–water partition coefficient (Wildman–Crippen LogP) is 3.69. The summed E-state index contributed by atoms with van der Waals surface area (Å²) in [6.07, 6.45) is 4.07. The van der Waals surface area contributed by atoms with Crippen molar-refractivity contribution in [1.82, 2.24) is 5.16 Å². The monoisotopic (exact) mass is 314 g/mol. The van der Waals surface area contributed by atoms with Crippen molar-refractivity contribution in [1.29, 1.82) is 0 Å². The Kier molecular flexibility index (Phi) is 4.65. The molecule has 0 radical (unpaired) electrons. The quantitative estimate of drug-likeness (QED) is 0.914. The molecule has 0 fully saturated rings. The molecule has 1 amide bonds. The Balaban J connectivity index is 1.54. The van der Waals surface area contributed by atoms with Gasteiger partial charge in [0.25, 0.3) is 5.91 Å². The molecular formula is C18H22N2O3. The molecule has 2 aromatic rings. The van der Waals surface area contributed by atoms with Crippen LogP contribution in [0.2, 0.25) is 0 Å². The van der Waals surface area contributed by atoms with Gasteiger partial charge < -0.3 is 9.26 Å². The molecule has 0 aliphatic heterocycles. The van der Waals surface area contributed by atoms with Gasteiger partial charge in [0.1, 0.15) is 5.75 Å². The maximum absolute atomic E-state index is 12.0. The van der Waals surface area contributed by atoms with Gasteiger partial charge in [-0.25, -0.2) is 0 Å². The van der Waals surface area contributed by atoms with E-state index in [1.807, 2.05) is 24.3 Å². The van der Waals surface area contributed by atoms with Gasteiger partial charge in [0.05, 0.1) is 5.69 Å². The number of nitrogens with zero attached hydrogens (tertiary/aromatic N) is 1. The summed E-state index contributed by atoms with van der Waals surface area (Å²) in [5.74, 6) is 1.40. The number of anilines is 1. The molecule has 122 valence electrons. The van der Waals surface area contributed by atoms with Crippen LogP contribution in [0.1, 0.15) is 49.4 Å². The fraction of sp³-hybridized carbons (Fsp3) is 0.444. The lowest BCUT2D eigenvalue weighted by molar-refractivity contribution is -0.118. The normalized spacial score (nSPS) is 13.7. The molecule has 1 aromatic heterocycles. The molecule has 5 nitrogen and oxygen atoms in total. The lowest BCUT2D eigenvalue weighted by Crippen LogP contribution is -2.20. The Morgan fingerprint density at radius 3 is 2.74 bits per heavy atom. The van der Waals surface area contributed by atoms with Gasteiger partial charge in [0.15, 0.2) is 6.61 Å². The van der Waals surface area contributed by atoms with Crippen molar-refractivity contribution >= 4 is 11.8 Å². The molecule has 0 saturated carbocycles. The van der Waals surface area contributed by atoms with Gasteiger partial charge in [-0.2, -0.15) is 0 Å². The fourth-order valence-corrected chi connectivity index (χ4v) is 2.75. The molecule has 1 aliphatic rings.